The Kier molecular flexibility index (Phi) is 4.16. The zero-order chi connectivity index (χ0) is 17.4. The molecule has 0 radical (unpaired) electrons. The quantitative estimate of drug-likeness (QED) is 0.864. The zero-order valence-electron chi connectivity index (χ0n) is 13.3. The van der Waals surface area contributed by atoms with E-state index in [1.165, 1.54) is 0 Å². The van der Waals surface area contributed by atoms with Crippen molar-refractivity contribution >= 4 is 29.0 Å². The van der Waals surface area contributed by atoms with E-state index in [2.05, 4.69) is 0 Å². The number of hydrogen-bond donors (Lipinski definition) is 1. The van der Waals surface area contributed by atoms with Gasteiger partial charge in [0.05, 0.1) is 12.1 Å². The lowest BCUT2D eigenvalue weighted by Crippen LogP contribution is -2.31. The van der Waals surface area contributed by atoms with Crippen LogP contribution in [0.5, 0.6) is 0 Å². The molecule has 2 amide bonds. The van der Waals surface area contributed by atoms with Crippen LogP contribution in [0.25, 0.3) is 5.57 Å². The first-order valence-electron chi connectivity index (χ1n) is 7.50. The fraction of sp³-hybridized carbons (Fsp3) is 0.158. The second-order valence-corrected chi connectivity index (χ2v) is 6.24. The first kappa shape index (κ1) is 16.3. The van der Waals surface area contributed by atoms with Crippen molar-refractivity contribution in [1.82, 2.24) is 4.90 Å². The molecule has 0 saturated heterocycles. The molecule has 0 saturated carbocycles. The number of halogens is 1. The molecule has 2 aromatic carbocycles. The van der Waals surface area contributed by atoms with E-state index < -0.39 is 17.6 Å². The number of aliphatic hydroxyl groups is 1. The number of amides is 2. The van der Waals surface area contributed by atoms with Gasteiger partial charge in [0, 0.05) is 5.02 Å². The van der Waals surface area contributed by atoms with Gasteiger partial charge in [0.25, 0.3) is 11.8 Å². The summed E-state index contributed by atoms with van der Waals surface area (Å²) >= 11 is 6.11. The van der Waals surface area contributed by atoms with Gasteiger partial charge in [0.1, 0.15) is 0 Å². The van der Waals surface area contributed by atoms with E-state index in [0.29, 0.717) is 16.1 Å². The van der Waals surface area contributed by atoms with Gasteiger partial charge in [-0.25, -0.2) is 0 Å². The average molecular weight is 342 g/mol. The molecule has 0 unspecified atom stereocenters. The van der Waals surface area contributed by atoms with E-state index in [1.807, 2.05) is 26.0 Å². The van der Waals surface area contributed by atoms with Gasteiger partial charge in [-0.2, -0.15) is 0 Å². The Bertz CT molecular complexity index is 886. The van der Waals surface area contributed by atoms with E-state index in [-0.39, 0.29) is 12.1 Å². The highest BCUT2D eigenvalue weighted by atomic mass is 35.5. The summed E-state index contributed by atoms with van der Waals surface area (Å²) in [6.07, 6.45) is 0. The predicted octanol–water partition coefficient (Wildman–Crippen LogP) is 3.79. The minimum Gasteiger partial charge on any atom is -0.502 e. The second kappa shape index (κ2) is 6.13. The van der Waals surface area contributed by atoms with Gasteiger partial charge in [-0.3, -0.25) is 14.5 Å². The molecule has 0 aromatic heterocycles. The van der Waals surface area contributed by atoms with E-state index in [0.717, 1.165) is 16.0 Å². The molecule has 5 heteroatoms. The molecule has 1 N–H and O–H groups in total. The predicted molar refractivity (Wildman–Crippen MR) is 92.5 cm³/mol. The van der Waals surface area contributed by atoms with Crippen LogP contribution >= 0.6 is 11.6 Å². The lowest BCUT2D eigenvalue weighted by atomic mass is 9.98. The number of rotatable bonds is 3. The van der Waals surface area contributed by atoms with Gasteiger partial charge in [-0.05, 0) is 36.6 Å². The lowest BCUT2D eigenvalue weighted by molar-refractivity contribution is -0.138. The maximum absolute atomic E-state index is 12.7. The highest BCUT2D eigenvalue weighted by Gasteiger charge is 2.39. The maximum Gasteiger partial charge on any atom is 0.296 e. The molecule has 24 heavy (non-hydrogen) atoms. The molecule has 1 aliphatic rings. The standard InChI is InChI=1S/C19H16ClNO3/c1-11-7-8-14(12(2)9-11)16-17(22)19(24)21(18(16)23)10-13-5-3-4-6-15(13)20/h3-9,22H,10H2,1-2H3. The van der Waals surface area contributed by atoms with Crippen LogP contribution in [0.2, 0.25) is 5.02 Å². The molecule has 1 heterocycles. The Balaban J connectivity index is 1.97. The molecule has 0 aliphatic carbocycles. The van der Waals surface area contributed by atoms with Crippen molar-refractivity contribution in [2.45, 2.75) is 20.4 Å². The number of benzene rings is 2. The summed E-state index contributed by atoms with van der Waals surface area (Å²) in [5.41, 5.74) is 3.14. The Morgan fingerprint density at radius 1 is 1.04 bits per heavy atom. The third-order valence-electron chi connectivity index (χ3n) is 4.08. The minimum atomic E-state index is -0.699. The van der Waals surface area contributed by atoms with Crippen LogP contribution in [0.3, 0.4) is 0 Å². The van der Waals surface area contributed by atoms with E-state index in [9.17, 15) is 14.7 Å². The third kappa shape index (κ3) is 2.69. The largest absolute Gasteiger partial charge is 0.502 e. The van der Waals surface area contributed by atoms with Crippen LogP contribution in [0, 0.1) is 13.8 Å². The van der Waals surface area contributed by atoms with E-state index in [4.69, 9.17) is 11.6 Å². The summed E-state index contributed by atoms with van der Waals surface area (Å²) in [6, 6.07) is 12.5. The summed E-state index contributed by atoms with van der Waals surface area (Å²) in [7, 11) is 0. The third-order valence-corrected chi connectivity index (χ3v) is 4.45. The number of imide groups is 1. The molecule has 3 rings (SSSR count). The van der Waals surface area contributed by atoms with Gasteiger partial charge >= 0.3 is 0 Å². The summed E-state index contributed by atoms with van der Waals surface area (Å²) in [5, 5.41) is 10.7. The SMILES string of the molecule is Cc1ccc(C2=C(O)C(=O)N(Cc3ccccc3Cl)C2=O)c(C)c1. The van der Waals surface area contributed by atoms with Gasteiger partial charge in [0.15, 0.2) is 5.76 Å². The van der Waals surface area contributed by atoms with Crippen LogP contribution in [-0.4, -0.2) is 21.8 Å². The van der Waals surface area contributed by atoms with Crippen molar-refractivity contribution < 1.29 is 14.7 Å². The fourth-order valence-electron chi connectivity index (χ4n) is 2.84. The highest BCUT2D eigenvalue weighted by Crippen LogP contribution is 2.32. The molecule has 122 valence electrons. The zero-order valence-corrected chi connectivity index (χ0v) is 14.1. The summed E-state index contributed by atoms with van der Waals surface area (Å²) in [4.78, 5) is 26.1. The molecule has 0 atom stereocenters. The van der Waals surface area contributed by atoms with Crippen LogP contribution in [0.15, 0.2) is 48.2 Å². The molecule has 0 fully saturated rings. The van der Waals surface area contributed by atoms with Crippen molar-refractivity contribution in [2.24, 2.45) is 0 Å². The number of carbonyl (C=O) groups excluding carboxylic acids is 2. The topological polar surface area (TPSA) is 57.6 Å². The van der Waals surface area contributed by atoms with E-state index in [1.54, 1.807) is 30.3 Å². The van der Waals surface area contributed by atoms with Gasteiger partial charge < -0.3 is 5.11 Å². The summed E-state index contributed by atoms with van der Waals surface area (Å²) in [6.45, 7) is 3.81. The molecule has 1 aliphatic heterocycles. The number of nitrogens with zero attached hydrogens (tertiary/aromatic N) is 1. The van der Waals surface area contributed by atoms with Gasteiger partial charge in [-0.1, -0.05) is 53.6 Å². The smallest absolute Gasteiger partial charge is 0.296 e. The minimum absolute atomic E-state index is 0.0236. The maximum atomic E-state index is 12.7. The molecule has 4 nitrogen and oxygen atoms in total. The number of hydrogen-bond acceptors (Lipinski definition) is 3. The fourth-order valence-corrected chi connectivity index (χ4v) is 3.04. The molecule has 0 spiro atoms. The first-order chi connectivity index (χ1) is 11.4. The van der Waals surface area contributed by atoms with Crippen LogP contribution in [0.1, 0.15) is 22.3 Å². The Hall–Kier alpha value is -2.59. The van der Waals surface area contributed by atoms with Crippen LogP contribution in [-0.2, 0) is 16.1 Å². The molecule has 0 bridgehead atoms. The molecule has 2 aromatic rings. The van der Waals surface area contributed by atoms with Crippen molar-refractivity contribution in [3.8, 4) is 0 Å². The van der Waals surface area contributed by atoms with Crippen molar-refractivity contribution in [3.63, 3.8) is 0 Å². The molecular formula is C19H16ClNO3. The Morgan fingerprint density at radius 2 is 1.75 bits per heavy atom. The van der Waals surface area contributed by atoms with Crippen molar-refractivity contribution in [3.05, 3.63) is 75.5 Å². The van der Waals surface area contributed by atoms with E-state index >= 15 is 0 Å². The first-order valence-corrected chi connectivity index (χ1v) is 7.88. The van der Waals surface area contributed by atoms with Crippen LogP contribution in [0.4, 0.5) is 0 Å². The summed E-state index contributed by atoms with van der Waals surface area (Å²) < 4.78 is 0. The normalized spacial score (nSPS) is 14.7. The monoisotopic (exact) mass is 341 g/mol. The Morgan fingerprint density at radius 3 is 2.42 bits per heavy atom. The molecular weight excluding hydrogens is 326 g/mol. The van der Waals surface area contributed by atoms with Crippen LogP contribution < -0.4 is 0 Å². The highest BCUT2D eigenvalue weighted by molar-refractivity contribution is 6.35. The van der Waals surface area contributed by atoms with Crippen molar-refractivity contribution in [2.75, 3.05) is 0 Å². The average Bonchev–Trinajstić information content (AvgIpc) is 2.74. The Labute approximate surface area is 145 Å². The number of aliphatic hydroxyl groups excluding tert-OH is 1. The number of carbonyl (C=O) groups is 2. The summed E-state index contributed by atoms with van der Waals surface area (Å²) in [5.74, 6) is -1.72. The van der Waals surface area contributed by atoms with Gasteiger partial charge in [-0.15, -0.1) is 0 Å². The number of aryl methyl sites for hydroxylation is 2. The van der Waals surface area contributed by atoms with Crippen molar-refractivity contribution in [1.29, 1.82) is 0 Å². The van der Waals surface area contributed by atoms with Gasteiger partial charge in [0.2, 0.25) is 0 Å². The lowest BCUT2D eigenvalue weighted by Gasteiger charge is -2.15. The second-order valence-electron chi connectivity index (χ2n) is 5.83.